The van der Waals surface area contributed by atoms with Gasteiger partial charge in [-0.1, -0.05) is 12.1 Å². The second-order valence-electron chi connectivity index (χ2n) is 5.06. The molecule has 2 aromatic carbocycles. The number of nitrogens with zero attached hydrogens (tertiary/aromatic N) is 3. The molecule has 1 aromatic heterocycles. The molecule has 0 atom stereocenters. The molecular weight excluding hydrogens is 326 g/mol. The summed E-state index contributed by atoms with van der Waals surface area (Å²) in [5, 5.41) is 12.9. The van der Waals surface area contributed by atoms with Gasteiger partial charge in [-0.3, -0.25) is 0 Å². The number of hydrogen-bond acceptors (Lipinski definition) is 5. The number of rotatable bonds is 4. The lowest BCUT2D eigenvalue weighted by molar-refractivity contribution is 0.481. The summed E-state index contributed by atoms with van der Waals surface area (Å²) in [6.45, 7) is 0. The first-order valence-electron chi connectivity index (χ1n) is 7.01. The molecule has 3 aromatic rings. The van der Waals surface area contributed by atoms with Gasteiger partial charge in [-0.05, 0) is 42.5 Å². The second kappa shape index (κ2) is 6.18. The quantitative estimate of drug-likeness (QED) is 0.729. The molecule has 0 spiro atoms. The van der Waals surface area contributed by atoms with Gasteiger partial charge in [-0.15, -0.1) is 0 Å². The Morgan fingerprint density at radius 2 is 1.79 bits per heavy atom. The van der Waals surface area contributed by atoms with Crippen molar-refractivity contribution in [3.05, 3.63) is 66.4 Å². The van der Waals surface area contributed by atoms with Crippen LogP contribution in [0.3, 0.4) is 0 Å². The summed E-state index contributed by atoms with van der Waals surface area (Å²) >= 11 is 0. The molecule has 6 nitrogen and oxygen atoms in total. The van der Waals surface area contributed by atoms with Crippen LogP contribution in [0.25, 0.3) is 11.3 Å². The minimum Gasteiger partial charge on any atom is -0.456 e. The summed E-state index contributed by atoms with van der Waals surface area (Å²) in [6, 6.07) is 17.5. The van der Waals surface area contributed by atoms with Crippen LogP contribution < -0.4 is 4.74 Å². The van der Waals surface area contributed by atoms with Gasteiger partial charge in [-0.25, -0.2) is 8.42 Å². The molecule has 0 fully saturated rings. The van der Waals surface area contributed by atoms with Gasteiger partial charge in [0.15, 0.2) is 0 Å². The van der Waals surface area contributed by atoms with Crippen LogP contribution in [-0.2, 0) is 10.0 Å². The fraction of sp³-hybridized carbons (Fsp3) is 0.0588. The molecule has 0 saturated carbocycles. The summed E-state index contributed by atoms with van der Waals surface area (Å²) < 4.78 is 30.1. The molecule has 0 N–H and O–H groups in total. The maximum absolute atomic E-state index is 11.7. The van der Waals surface area contributed by atoms with Crippen molar-refractivity contribution < 1.29 is 13.2 Å². The standard InChI is InChI=1S/C17H13N3O3S/c1-24(21,22)20-16(10-11-19-20)13-6-8-15(9-7-13)23-17-5-3-2-4-14(17)12-18/h2-11H,1H3. The Labute approximate surface area is 139 Å². The van der Waals surface area contributed by atoms with Crippen molar-refractivity contribution in [2.24, 2.45) is 0 Å². The molecule has 0 aliphatic rings. The van der Waals surface area contributed by atoms with Crippen LogP contribution in [0.2, 0.25) is 0 Å². The van der Waals surface area contributed by atoms with E-state index in [1.807, 2.05) is 0 Å². The molecule has 0 unspecified atom stereocenters. The van der Waals surface area contributed by atoms with Crippen molar-refractivity contribution in [2.45, 2.75) is 0 Å². The molecule has 1 heterocycles. The third-order valence-corrected chi connectivity index (χ3v) is 4.23. The Morgan fingerprint density at radius 1 is 1.08 bits per heavy atom. The van der Waals surface area contributed by atoms with Gasteiger partial charge in [0.05, 0.1) is 23.7 Å². The zero-order chi connectivity index (χ0) is 17.2. The number of para-hydroxylation sites is 1. The largest absolute Gasteiger partial charge is 0.456 e. The first-order valence-corrected chi connectivity index (χ1v) is 8.86. The molecule has 24 heavy (non-hydrogen) atoms. The molecular formula is C17H13N3O3S. The molecule has 0 amide bonds. The molecule has 0 aliphatic carbocycles. The highest BCUT2D eigenvalue weighted by atomic mass is 32.2. The van der Waals surface area contributed by atoms with Gasteiger partial charge in [0, 0.05) is 5.56 Å². The summed E-state index contributed by atoms with van der Waals surface area (Å²) in [7, 11) is -3.47. The van der Waals surface area contributed by atoms with Crippen LogP contribution >= 0.6 is 0 Å². The summed E-state index contributed by atoms with van der Waals surface area (Å²) in [4.78, 5) is 0. The van der Waals surface area contributed by atoms with Crippen molar-refractivity contribution >= 4 is 10.0 Å². The molecule has 0 bridgehead atoms. The predicted molar refractivity (Wildman–Crippen MR) is 89.1 cm³/mol. The highest BCUT2D eigenvalue weighted by molar-refractivity contribution is 7.89. The Kier molecular flexibility index (Phi) is 4.06. The van der Waals surface area contributed by atoms with Crippen LogP contribution in [0.15, 0.2) is 60.8 Å². The molecule has 120 valence electrons. The number of nitriles is 1. The molecule has 0 aliphatic heterocycles. The van der Waals surface area contributed by atoms with Crippen molar-refractivity contribution in [1.82, 2.24) is 9.19 Å². The molecule has 0 radical (unpaired) electrons. The van der Waals surface area contributed by atoms with Crippen LogP contribution in [0, 0.1) is 11.3 Å². The van der Waals surface area contributed by atoms with Crippen molar-refractivity contribution in [2.75, 3.05) is 6.26 Å². The zero-order valence-electron chi connectivity index (χ0n) is 12.7. The number of hydrogen-bond donors (Lipinski definition) is 0. The fourth-order valence-electron chi connectivity index (χ4n) is 2.23. The van der Waals surface area contributed by atoms with Crippen molar-refractivity contribution in [3.63, 3.8) is 0 Å². The Morgan fingerprint density at radius 3 is 2.46 bits per heavy atom. The predicted octanol–water partition coefficient (Wildman–Crippen LogP) is 3.02. The van der Waals surface area contributed by atoms with E-state index in [2.05, 4.69) is 11.2 Å². The maximum atomic E-state index is 11.7. The van der Waals surface area contributed by atoms with Crippen LogP contribution in [-0.4, -0.2) is 23.9 Å². The average Bonchev–Trinajstić information content (AvgIpc) is 3.06. The monoisotopic (exact) mass is 339 g/mol. The van der Waals surface area contributed by atoms with Gasteiger partial charge in [0.1, 0.15) is 17.6 Å². The lowest BCUT2D eigenvalue weighted by Gasteiger charge is -2.09. The number of ether oxygens (including phenoxy) is 1. The number of benzene rings is 2. The summed E-state index contributed by atoms with van der Waals surface area (Å²) in [5.74, 6) is 1.01. The third kappa shape index (κ3) is 3.14. The normalized spacial score (nSPS) is 11.0. The van der Waals surface area contributed by atoms with Crippen LogP contribution in [0.4, 0.5) is 0 Å². The minimum absolute atomic E-state index is 0.441. The first-order chi connectivity index (χ1) is 11.5. The SMILES string of the molecule is CS(=O)(=O)n1nccc1-c1ccc(Oc2ccccc2C#N)cc1. The smallest absolute Gasteiger partial charge is 0.251 e. The number of aromatic nitrogens is 2. The lowest BCUT2D eigenvalue weighted by Crippen LogP contribution is -2.12. The van der Waals surface area contributed by atoms with Crippen LogP contribution in [0.5, 0.6) is 11.5 Å². The second-order valence-corrected chi connectivity index (χ2v) is 6.87. The molecule has 7 heteroatoms. The van der Waals surface area contributed by atoms with Crippen LogP contribution in [0.1, 0.15) is 5.56 Å². The van der Waals surface area contributed by atoms with Gasteiger partial charge < -0.3 is 4.74 Å². The zero-order valence-corrected chi connectivity index (χ0v) is 13.6. The Hall–Kier alpha value is -3.11. The van der Waals surface area contributed by atoms with E-state index >= 15 is 0 Å². The van der Waals surface area contributed by atoms with E-state index in [4.69, 9.17) is 10.00 Å². The maximum Gasteiger partial charge on any atom is 0.251 e. The third-order valence-electron chi connectivity index (χ3n) is 3.31. The van der Waals surface area contributed by atoms with Crippen molar-refractivity contribution in [3.8, 4) is 28.8 Å². The minimum atomic E-state index is -3.47. The van der Waals surface area contributed by atoms with E-state index in [1.165, 1.54) is 6.20 Å². The van der Waals surface area contributed by atoms with Gasteiger partial charge in [-0.2, -0.15) is 14.4 Å². The molecule has 0 saturated heterocycles. The topological polar surface area (TPSA) is 85.0 Å². The van der Waals surface area contributed by atoms with Gasteiger partial charge >= 0.3 is 0 Å². The fourth-order valence-corrected chi connectivity index (χ4v) is 2.98. The van der Waals surface area contributed by atoms with Gasteiger partial charge in [0.25, 0.3) is 10.0 Å². The van der Waals surface area contributed by atoms with E-state index in [9.17, 15) is 8.42 Å². The Bertz CT molecular complexity index is 1020. The van der Waals surface area contributed by atoms with E-state index in [0.717, 1.165) is 10.3 Å². The summed E-state index contributed by atoms with van der Waals surface area (Å²) in [5.41, 5.74) is 1.61. The van der Waals surface area contributed by atoms with E-state index in [-0.39, 0.29) is 0 Å². The first kappa shape index (κ1) is 15.8. The molecule has 3 rings (SSSR count). The van der Waals surface area contributed by atoms with E-state index in [0.29, 0.717) is 28.3 Å². The highest BCUT2D eigenvalue weighted by Gasteiger charge is 2.13. The van der Waals surface area contributed by atoms with E-state index < -0.39 is 10.0 Å². The van der Waals surface area contributed by atoms with E-state index in [1.54, 1.807) is 54.6 Å². The Balaban J connectivity index is 1.90. The summed E-state index contributed by atoms with van der Waals surface area (Å²) in [6.07, 6.45) is 2.53. The lowest BCUT2D eigenvalue weighted by atomic mass is 10.1. The average molecular weight is 339 g/mol. The van der Waals surface area contributed by atoms with Gasteiger partial charge in [0.2, 0.25) is 0 Å². The van der Waals surface area contributed by atoms with Crippen molar-refractivity contribution in [1.29, 1.82) is 5.26 Å². The highest BCUT2D eigenvalue weighted by Crippen LogP contribution is 2.27.